The standard InChI is InChI=1S/C12H11BrFN3O/c1-7-12(13)10(17(2)16-7)5-11(18)9-4-3-8(14)6-15-9/h3-4,6H,5H2,1-2H3. The van der Waals surface area contributed by atoms with Crippen molar-refractivity contribution in [3.8, 4) is 0 Å². The van der Waals surface area contributed by atoms with Crippen LogP contribution in [0.25, 0.3) is 0 Å². The van der Waals surface area contributed by atoms with E-state index < -0.39 is 5.82 Å². The molecule has 0 aliphatic rings. The van der Waals surface area contributed by atoms with Gasteiger partial charge in [-0.3, -0.25) is 14.5 Å². The summed E-state index contributed by atoms with van der Waals surface area (Å²) in [5, 5.41) is 4.21. The third-order valence-electron chi connectivity index (χ3n) is 2.60. The van der Waals surface area contributed by atoms with E-state index in [1.807, 2.05) is 6.92 Å². The van der Waals surface area contributed by atoms with Crippen LogP contribution in [0.4, 0.5) is 4.39 Å². The van der Waals surface area contributed by atoms with Gasteiger partial charge in [-0.15, -0.1) is 0 Å². The molecule has 0 radical (unpaired) electrons. The minimum absolute atomic E-state index is 0.168. The molecular weight excluding hydrogens is 301 g/mol. The highest BCUT2D eigenvalue weighted by Crippen LogP contribution is 2.21. The summed E-state index contributed by atoms with van der Waals surface area (Å²) in [5.41, 5.74) is 1.86. The first-order chi connectivity index (χ1) is 8.49. The number of halogens is 2. The lowest BCUT2D eigenvalue weighted by atomic mass is 10.1. The number of carbonyl (C=O) groups is 1. The summed E-state index contributed by atoms with van der Waals surface area (Å²) in [6.07, 6.45) is 1.22. The van der Waals surface area contributed by atoms with Gasteiger partial charge < -0.3 is 0 Å². The SMILES string of the molecule is Cc1nn(C)c(CC(=O)c2ccc(F)cn2)c1Br. The summed E-state index contributed by atoms with van der Waals surface area (Å²) in [7, 11) is 1.78. The maximum absolute atomic E-state index is 12.7. The van der Waals surface area contributed by atoms with Crippen LogP contribution >= 0.6 is 15.9 Å². The van der Waals surface area contributed by atoms with Crippen LogP contribution in [-0.2, 0) is 13.5 Å². The Labute approximate surface area is 112 Å². The normalized spacial score (nSPS) is 10.7. The lowest BCUT2D eigenvalue weighted by Crippen LogP contribution is -2.10. The monoisotopic (exact) mass is 311 g/mol. The minimum Gasteiger partial charge on any atom is -0.292 e. The van der Waals surface area contributed by atoms with Gasteiger partial charge in [-0.25, -0.2) is 4.39 Å². The fourth-order valence-electron chi connectivity index (χ4n) is 1.66. The van der Waals surface area contributed by atoms with Gasteiger partial charge in [0.1, 0.15) is 11.5 Å². The van der Waals surface area contributed by atoms with Gasteiger partial charge in [0.05, 0.1) is 28.5 Å². The molecule has 0 fully saturated rings. The molecule has 0 spiro atoms. The Kier molecular flexibility index (Phi) is 3.56. The molecule has 18 heavy (non-hydrogen) atoms. The topological polar surface area (TPSA) is 47.8 Å². The second-order valence-corrected chi connectivity index (χ2v) is 4.72. The van der Waals surface area contributed by atoms with Crippen molar-refractivity contribution in [2.75, 3.05) is 0 Å². The van der Waals surface area contributed by atoms with Crippen molar-refractivity contribution in [3.63, 3.8) is 0 Å². The number of ketones is 1. The van der Waals surface area contributed by atoms with Crippen molar-refractivity contribution in [1.29, 1.82) is 0 Å². The average molecular weight is 312 g/mol. The summed E-state index contributed by atoms with van der Waals surface area (Å²) in [5.74, 6) is -0.622. The van der Waals surface area contributed by atoms with Gasteiger partial charge in [0.25, 0.3) is 0 Å². The molecule has 0 aliphatic carbocycles. The summed E-state index contributed by atoms with van der Waals surface area (Å²) < 4.78 is 15.2. The highest BCUT2D eigenvalue weighted by atomic mass is 79.9. The summed E-state index contributed by atoms with van der Waals surface area (Å²) in [4.78, 5) is 15.8. The molecule has 2 rings (SSSR count). The van der Waals surface area contributed by atoms with E-state index in [4.69, 9.17) is 0 Å². The number of aryl methyl sites for hydroxylation is 2. The van der Waals surface area contributed by atoms with Crippen LogP contribution < -0.4 is 0 Å². The van der Waals surface area contributed by atoms with Crippen LogP contribution in [0.1, 0.15) is 21.9 Å². The van der Waals surface area contributed by atoms with E-state index in [-0.39, 0.29) is 17.9 Å². The van der Waals surface area contributed by atoms with E-state index in [9.17, 15) is 9.18 Å². The van der Waals surface area contributed by atoms with Crippen molar-refractivity contribution < 1.29 is 9.18 Å². The van der Waals surface area contributed by atoms with Gasteiger partial charge in [0.2, 0.25) is 0 Å². The van der Waals surface area contributed by atoms with Crippen molar-refractivity contribution in [1.82, 2.24) is 14.8 Å². The van der Waals surface area contributed by atoms with Gasteiger partial charge >= 0.3 is 0 Å². The fraction of sp³-hybridized carbons (Fsp3) is 0.250. The Hall–Kier alpha value is -1.56. The molecule has 4 nitrogen and oxygen atoms in total. The van der Waals surface area contributed by atoms with Gasteiger partial charge in [0, 0.05) is 7.05 Å². The molecular formula is C12H11BrFN3O. The molecule has 6 heteroatoms. The number of hydrogen-bond acceptors (Lipinski definition) is 3. The van der Waals surface area contributed by atoms with Crippen LogP contribution in [-0.4, -0.2) is 20.5 Å². The first-order valence-corrected chi connectivity index (χ1v) is 6.11. The zero-order valence-corrected chi connectivity index (χ0v) is 11.5. The predicted molar refractivity (Wildman–Crippen MR) is 67.9 cm³/mol. The Bertz CT molecular complexity index is 592. The van der Waals surface area contributed by atoms with Crippen LogP contribution in [0.2, 0.25) is 0 Å². The third-order valence-corrected chi connectivity index (χ3v) is 3.63. The summed E-state index contributed by atoms with van der Waals surface area (Å²) >= 11 is 3.40. The molecule has 0 N–H and O–H groups in total. The Morgan fingerprint density at radius 2 is 2.22 bits per heavy atom. The molecule has 0 atom stereocenters. The second kappa shape index (κ2) is 4.97. The van der Waals surface area contributed by atoms with E-state index in [1.165, 1.54) is 12.1 Å². The van der Waals surface area contributed by atoms with Gasteiger partial charge in [0.15, 0.2) is 5.78 Å². The number of carbonyl (C=O) groups excluding carboxylic acids is 1. The van der Waals surface area contributed by atoms with Gasteiger partial charge in [-0.2, -0.15) is 5.10 Å². The average Bonchev–Trinajstić information content (AvgIpc) is 2.57. The lowest BCUT2D eigenvalue weighted by Gasteiger charge is -2.02. The molecule has 0 amide bonds. The number of nitrogens with zero attached hydrogens (tertiary/aromatic N) is 3. The Morgan fingerprint density at radius 1 is 1.50 bits per heavy atom. The number of rotatable bonds is 3. The fourth-order valence-corrected chi connectivity index (χ4v) is 2.13. The minimum atomic E-state index is -0.455. The number of aromatic nitrogens is 3. The van der Waals surface area contributed by atoms with Gasteiger partial charge in [-0.05, 0) is 35.0 Å². The molecule has 0 saturated carbocycles. The Morgan fingerprint density at radius 3 is 2.72 bits per heavy atom. The molecule has 0 bridgehead atoms. The van der Waals surface area contributed by atoms with Crippen LogP contribution in [0.5, 0.6) is 0 Å². The lowest BCUT2D eigenvalue weighted by molar-refractivity contribution is 0.0985. The Balaban J connectivity index is 2.24. The summed E-state index contributed by atoms with van der Waals surface area (Å²) in [6.45, 7) is 1.86. The zero-order valence-electron chi connectivity index (χ0n) is 9.94. The maximum Gasteiger partial charge on any atom is 0.187 e. The highest BCUT2D eigenvalue weighted by Gasteiger charge is 2.16. The predicted octanol–water partition coefficient (Wildman–Crippen LogP) is 2.45. The van der Waals surface area contributed by atoms with Crippen LogP contribution in [0.15, 0.2) is 22.8 Å². The zero-order chi connectivity index (χ0) is 13.3. The van der Waals surface area contributed by atoms with Crippen LogP contribution in [0.3, 0.4) is 0 Å². The van der Waals surface area contributed by atoms with Crippen molar-refractivity contribution in [2.45, 2.75) is 13.3 Å². The maximum atomic E-state index is 12.7. The molecule has 94 valence electrons. The smallest absolute Gasteiger partial charge is 0.187 e. The largest absolute Gasteiger partial charge is 0.292 e. The third kappa shape index (κ3) is 2.48. The molecule has 2 aromatic rings. The van der Waals surface area contributed by atoms with E-state index in [0.717, 1.165) is 22.1 Å². The molecule has 0 unspecified atom stereocenters. The van der Waals surface area contributed by atoms with Crippen molar-refractivity contribution in [3.05, 3.63) is 45.7 Å². The number of hydrogen-bond donors (Lipinski definition) is 0. The van der Waals surface area contributed by atoms with Crippen LogP contribution in [0, 0.1) is 12.7 Å². The molecule has 0 aliphatic heterocycles. The van der Waals surface area contributed by atoms with Gasteiger partial charge in [-0.1, -0.05) is 0 Å². The van der Waals surface area contributed by atoms with E-state index >= 15 is 0 Å². The molecule has 2 heterocycles. The summed E-state index contributed by atoms with van der Waals surface area (Å²) in [6, 6.07) is 2.61. The van der Waals surface area contributed by atoms with Crippen molar-refractivity contribution >= 4 is 21.7 Å². The number of Topliss-reactive ketones (excluding diaryl/α,β-unsaturated/α-hetero) is 1. The van der Waals surface area contributed by atoms with E-state index in [0.29, 0.717) is 0 Å². The van der Waals surface area contributed by atoms with E-state index in [2.05, 4.69) is 26.0 Å². The second-order valence-electron chi connectivity index (χ2n) is 3.93. The molecule has 0 saturated heterocycles. The quantitative estimate of drug-likeness (QED) is 0.818. The number of pyridine rings is 1. The first-order valence-electron chi connectivity index (χ1n) is 5.31. The van der Waals surface area contributed by atoms with Crippen molar-refractivity contribution in [2.24, 2.45) is 7.05 Å². The van der Waals surface area contributed by atoms with E-state index in [1.54, 1.807) is 11.7 Å². The molecule has 0 aromatic carbocycles. The first kappa shape index (κ1) is 12.9. The molecule has 2 aromatic heterocycles. The highest BCUT2D eigenvalue weighted by molar-refractivity contribution is 9.10.